The molecule has 5 aromatic rings. The summed E-state index contributed by atoms with van der Waals surface area (Å²) in [7, 11) is 0. The van der Waals surface area contributed by atoms with Crippen LogP contribution in [0.5, 0.6) is 5.75 Å². The van der Waals surface area contributed by atoms with E-state index in [1.165, 1.54) is 10.9 Å². The number of aromatic nitrogens is 2. The lowest BCUT2D eigenvalue weighted by molar-refractivity contribution is -0.119. The normalized spacial score (nSPS) is 11.5. The molecule has 0 atom stereocenters. The van der Waals surface area contributed by atoms with Crippen LogP contribution in [-0.2, 0) is 4.79 Å². The summed E-state index contributed by atoms with van der Waals surface area (Å²) in [6.07, 6.45) is 1.47. The van der Waals surface area contributed by atoms with Crippen molar-refractivity contribution in [2.75, 3.05) is 6.61 Å². The van der Waals surface area contributed by atoms with Crippen molar-refractivity contribution in [2.45, 2.75) is 0 Å². The molecule has 8 nitrogen and oxygen atoms in total. The van der Waals surface area contributed by atoms with Crippen LogP contribution in [-0.4, -0.2) is 28.4 Å². The highest BCUT2D eigenvalue weighted by molar-refractivity contribution is 9.10. The van der Waals surface area contributed by atoms with Crippen molar-refractivity contribution >= 4 is 77.5 Å². The number of carbonyl (C=O) groups is 1. The predicted octanol–water partition coefficient (Wildman–Crippen LogP) is 5.73. The van der Waals surface area contributed by atoms with Crippen molar-refractivity contribution in [2.24, 2.45) is 10.8 Å². The second-order valence-electron chi connectivity index (χ2n) is 7.68. The van der Waals surface area contributed by atoms with E-state index in [2.05, 4.69) is 41.9 Å². The number of ether oxygens (including phenoxy) is 1. The maximum Gasteiger partial charge on any atom is 0.282 e. The fourth-order valence-corrected chi connectivity index (χ4v) is 4.94. The molecule has 0 aliphatic carbocycles. The molecule has 0 saturated carbocycles. The topological polar surface area (TPSA) is 113 Å². The molecule has 2 aromatic heterocycles. The number of para-hydroxylation sites is 1. The summed E-state index contributed by atoms with van der Waals surface area (Å²) < 4.78 is 13.9. The molecule has 0 aliphatic heterocycles. The standard InChI is InChI=1S/C25H15Br2ClN4O4/c26-15-5-6-20-14(9-15)10-21(36-20)24-31-19-4-2-1-3-16(19)25(34)32(24)30-11-13-7-17(27)23(18(28)8-13)35-12-22(29)33/h1-11H,12H2,(H2,29,33). The van der Waals surface area contributed by atoms with Crippen molar-refractivity contribution in [3.05, 3.63) is 90.5 Å². The Morgan fingerprint density at radius 3 is 2.75 bits per heavy atom. The van der Waals surface area contributed by atoms with Crippen LogP contribution in [0, 0.1) is 0 Å². The average molecular weight is 631 g/mol. The van der Waals surface area contributed by atoms with Crippen LogP contribution in [0.1, 0.15) is 5.56 Å². The van der Waals surface area contributed by atoms with Crippen LogP contribution < -0.4 is 16.0 Å². The number of nitrogens with zero attached hydrogens (tertiary/aromatic N) is 3. The Labute approximate surface area is 225 Å². The Kier molecular flexibility index (Phi) is 6.65. The second kappa shape index (κ2) is 9.88. The van der Waals surface area contributed by atoms with Gasteiger partial charge in [0.2, 0.25) is 5.82 Å². The van der Waals surface area contributed by atoms with Gasteiger partial charge in [-0.2, -0.15) is 9.78 Å². The molecule has 0 unspecified atom stereocenters. The van der Waals surface area contributed by atoms with Gasteiger partial charge in [-0.1, -0.05) is 39.7 Å². The van der Waals surface area contributed by atoms with Crippen LogP contribution in [0.3, 0.4) is 0 Å². The zero-order chi connectivity index (χ0) is 25.4. The number of carbonyl (C=O) groups excluding carboxylic acids is 1. The van der Waals surface area contributed by atoms with Gasteiger partial charge in [-0.15, -0.1) is 0 Å². The van der Waals surface area contributed by atoms with Gasteiger partial charge in [0.1, 0.15) is 5.58 Å². The van der Waals surface area contributed by atoms with Gasteiger partial charge < -0.3 is 14.9 Å². The highest BCUT2D eigenvalue weighted by Gasteiger charge is 2.17. The molecule has 11 heteroatoms. The van der Waals surface area contributed by atoms with E-state index < -0.39 is 5.91 Å². The van der Waals surface area contributed by atoms with Crippen molar-refractivity contribution in [1.82, 2.24) is 9.66 Å². The minimum atomic E-state index is -0.628. The third-order valence-corrected chi connectivity index (χ3v) is 6.52. The van der Waals surface area contributed by atoms with E-state index >= 15 is 0 Å². The molecule has 36 heavy (non-hydrogen) atoms. The van der Waals surface area contributed by atoms with Crippen molar-refractivity contribution < 1.29 is 13.9 Å². The second-order valence-corrected chi connectivity index (χ2v) is 9.85. The van der Waals surface area contributed by atoms with Crippen LogP contribution in [0.2, 0.25) is 5.02 Å². The van der Waals surface area contributed by atoms with Crippen LogP contribution in [0.25, 0.3) is 33.5 Å². The Morgan fingerprint density at radius 2 is 1.97 bits per heavy atom. The van der Waals surface area contributed by atoms with E-state index in [1.54, 1.807) is 36.4 Å². The Bertz CT molecular complexity index is 1720. The number of hydrogen-bond donors (Lipinski definition) is 1. The molecule has 0 saturated heterocycles. The summed E-state index contributed by atoms with van der Waals surface area (Å²) in [5.41, 5.74) is 6.51. The third-order valence-electron chi connectivity index (χ3n) is 5.15. The zero-order valence-corrected chi connectivity index (χ0v) is 22.2. The molecule has 2 heterocycles. The Hall–Kier alpha value is -3.47. The molecule has 0 radical (unpaired) electrons. The quantitative estimate of drug-likeness (QED) is 0.241. The number of hydrogen-bond acceptors (Lipinski definition) is 6. The molecule has 0 spiro atoms. The minimum Gasteiger partial charge on any atom is -0.481 e. The highest BCUT2D eigenvalue weighted by atomic mass is 79.9. The molecule has 0 bridgehead atoms. The average Bonchev–Trinajstić information content (AvgIpc) is 3.25. The van der Waals surface area contributed by atoms with Crippen molar-refractivity contribution in [3.63, 3.8) is 0 Å². The first-order chi connectivity index (χ1) is 17.3. The largest absolute Gasteiger partial charge is 0.481 e. The highest BCUT2D eigenvalue weighted by Crippen LogP contribution is 2.34. The van der Waals surface area contributed by atoms with Crippen LogP contribution in [0.4, 0.5) is 0 Å². The fourth-order valence-electron chi connectivity index (χ4n) is 3.57. The summed E-state index contributed by atoms with van der Waals surface area (Å²) in [4.78, 5) is 29.1. The first-order valence-corrected chi connectivity index (χ1v) is 12.4. The van der Waals surface area contributed by atoms with Gasteiger partial charge in [-0.3, -0.25) is 9.59 Å². The number of nitrogens with two attached hydrogens (primary N) is 1. The van der Waals surface area contributed by atoms with Gasteiger partial charge in [0.05, 0.1) is 26.6 Å². The summed E-state index contributed by atoms with van der Waals surface area (Å²) >= 11 is 13.2. The van der Waals surface area contributed by atoms with Crippen LogP contribution >= 0.6 is 43.5 Å². The Balaban J connectivity index is 1.62. The predicted molar refractivity (Wildman–Crippen MR) is 146 cm³/mol. The van der Waals surface area contributed by atoms with E-state index in [9.17, 15) is 9.59 Å². The number of primary amides is 1. The molecule has 3 aromatic carbocycles. The van der Waals surface area contributed by atoms with Gasteiger partial charge in [-0.05, 0) is 70.0 Å². The van der Waals surface area contributed by atoms with Gasteiger partial charge in [0, 0.05) is 9.86 Å². The molecule has 1 amide bonds. The lowest BCUT2D eigenvalue weighted by atomic mass is 10.2. The van der Waals surface area contributed by atoms with Crippen LogP contribution in [0.15, 0.2) is 83.9 Å². The Morgan fingerprint density at radius 1 is 1.17 bits per heavy atom. The first kappa shape index (κ1) is 24.2. The molecular formula is C25H15Br2ClN4O4. The van der Waals surface area contributed by atoms with Gasteiger partial charge in [0.25, 0.3) is 11.5 Å². The van der Waals surface area contributed by atoms with Crippen molar-refractivity contribution in [1.29, 1.82) is 0 Å². The van der Waals surface area contributed by atoms with E-state index in [4.69, 9.17) is 26.5 Å². The summed E-state index contributed by atoms with van der Waals surface area (Å²) in [5.74, 6) is 0.273. The lowest BCUT2D eigenvalue weighted by Crippen LogP contribution is -2.20. The number of amides is 1. The van der Waals surface area contributed by atoms with E-state index in [0.29, 0.717) is 32.3 Å². The SMILES string of the molecule is NC(=O)COc1c(Cl)cc(C=Nn2c(-c3cc4cc(Br)ccc4o3)nc3ccccc3c2=O)cc1Br. The molecule has 0 fully saturated rings. The minimum absolute atomic E-state index is 0.235. The third kappa shape index (κ3) is 4.79. The summed E-state index contributed by atoms with van der Waals surface area (Å²) in [5, 5.41) is 5.92. The van der Waals surface area contributed by atoms with E-state index in [-0.39, 0.29) is 28.8 Å². The van der Waals surface area contributed by atoms with Gasteiger partial charge in [0.15, 0.2) is 18.1 Å². The van der Waals surface area contributed by atoms with E-state index in [1.807, 2.05) is 24.3 Å². The van der Waals surface area contributed by atoms with Gasteiger partial charge in [-0.25, -0.2) is 4.98 Å². The molecule has 5 rings (SSSR count). The number of benzene rings is 3. The first-order valence-electron chi connectivity index (χ1n) is 10.5. The summed E-state index contributed by atoms with van der Waals surface area (Å²) in [6, 6.07) is 17.7. The number of halogens is 3. The zero-order valence-electron chi connectivity index (χ0n) is 18.2. The summed E-state index contributed by atoms with van der Waals surface area (Å²) in [6.45, 7) is -0.318. The van der Waals surface area contributed by atoms with Crippen molar-refractivity contribution in [3.8, 4) is 17.3 Å². The smallest absolute Gasteiger partial charge is 0.282 e. The maximum absolute atomic E-state index is 13.4. The number of fused-ring (bicyclic) bond motifs is 2. The monoisotopic (exact) mass is 628 g/mol. The van der Waals surface area contributed by atoms with E-state index in [0.717, 1.165) is 9.86 Å². The molecule has 2 N–H and O–H groups in total. The number of rotatable bonds is 6. The lowest BCUT2D eigenvalue weighted by Gasteiger charge is -2.10. The molecule has 0 aliphatic rings. The molecule has 180 valence electrons. The molecular weight excluding hydrogens is 616 g/mol. The maximum atomic E-state index is 13.4. The van der Waals surface area contributed by atoms with Gasteiger partial charge >= 0.3 is 0 Å². The fraction of sp³-hybridized carbons (Fsp3) is 0.0400. The number of furan rings is 1.